The van der Waals surface area contributed by atoms with Crippen molar-refractivity contribution < 1.29 is 9.18 Å². The number of benzene rings is 2. The predicted octanol–water partition coefficient (Wildman–Crippen LogP) is 3.51. The van der Waals surface area contributed by atoms with Crippen molar-refractivity contribution in [3.05, 3.63) is 65.6 Å². The van der Waals surface area contributed by atoms with E-state index in [0.29, 0.717) is 11.4 Å². The van der Waals surface area contributed by atoms with Crippen LogP contribution in [-0.4, -0.2) is 6.03 Å². The Kier molecular flexibility index (Phi) is 4.56. The highest BCUT2D eigenvalue weighted by Gasteiger charge is 2.03. The molecular formula is C16H16FN3O. The van der Waals surface area contributed by atoms with E-state index in [4.69, 9.17) is 5.73 Å². The number of urea groups is 1. The van der Waals surface area contributed by atoms with Crippen LogP contribution in [0.15, 0.2) is 48.7 Å². The zero-order valence-electron chi connectivity index (χ0n) is 11.6. The van der Waals surface area contributed by atoms with E-state index in [9.17, 15) is 9.18 Å². The highest BCUT2D eigenvalue weighted by Crippen LogP contribution is 2.19. The van der Waals surface area contributed by atoms with Crippen molar-refractivity contribution in [2.45, 2.75) is 6.92 Å². The monoisotopic (exact) mass is 285 g/mol. The molecule has 4 nitrogen and oxygen atoms in total. The van der Waals surface area contributed by atoms with Crippen LogP contribution in [0, 0.1) is 12.7 Å². The minimum atomic E-state index is -0.398. The summed E-state index contributed by atoms with van der Waals surface area (Å²) in [6.07, 6.45) is 3.15. The predicted molar refractivity (Wildman–Crippen MR) is 83.2 cm³/mol. The number of halogens is 1. The highest BCUT2D eigenvalue weighted by molar-refractivity contribution is 5.93. The fourth-order valence-corrected chi connectivity index (χ4v) is 1.72. The minimum Gasteiger partial charge on any atom is -0.397 e. The van der Waals surface area contributed by atoms with Crippen LogP contribution in [-0.2, 0) is 0 Å². The van der Waals surface area contributed by atoms with Gasteiger partial charge in [0.05, 0.1) is 11.4 Å². The van der Waals surface area contributed by atoms with Gasteiger partial charge < -0.3 is 16.4 Å². The lowest BCUT2D eigenvalue weighted by Crippen LogP contribution is -2.24. The molecule has 2 aromatic carbocycles. The van der Waals surface area contributed by atoms with Crippen LogP contribution in [0.3, 0.4) is 0 Å². The lowest BCUT2D eigenvalue weighted by atomic mass is 10.2. The molecule has 0 unspecified atom stereocenters. The van der Waals surface area contributed by atoms with Crippen LogP contribution in [0.1, 0.15) is 11.1 Å². The number of amides is 2. The quantitative estimate of drug-likeness (QED) is 0.755. The molecular weight excluding hydrogens is 269 g/mol. The van der Waals surface area contributed by atoms with Crippen molar-refractivity contribution in [2.75, 3.05) is 11.1 Å². The van der Waals surface area contributed by atoms with Gasteiger partial charge in [-0.05, 0) is 48.4 Å². The van der Waals surface area contributed by atoms with Crippen molar-refractivity contribution >= 4 is 23.5 Å². The molecule has 0 aliphatic carbocycles. The van der Waals surface area contributed by atoms with E-state index < -0.39 is 6.03 Å². The van der Waals surface area contributed by atoms with Gasteiger partial charge in [0.15, 0.2) is 0 Å². The number of rotatable bonds is 3. The molecule has 0 saturated heterocycles. The van der Waals surface area contributed by atoms with E-state index in [-0.39, 0.29) is 5.82 Å². The zero-order valence-corrected chi connectivity index (χ0v) is 11.6. The summed E-state index contributed by atoms with van der Waals surface area (Å²) in [7, 11) is 0. The molecule has 0 radical (unpaired) electrons. The summed E-state index contributed by atoms with van der Waals surface area (Å²) in [4.78, 5) is 11.7. The number of aryl methyl sites for hydroxylation is 1. The maximum absolute atomic E-state index is 12.7. The first-order valence-corrected chi connectivity index (χ1v) is 6.40. The van der Waals surface area contributed by atoms with Crippen LogP contribution < -0.4 is 16.4 Å². The Hall–Kier alpha value is -2.82. The third-order valence-corrected chi connectivity index (χ3v) is 2.82. The lowest BCUT2D eigenvalue weighted by Gasteiger charge is -2.08. The molecule has 4 N–H and O–H groups in total. The molecule has 0 aromatic heterocycles. The van der Waals surface area contributed by atoms with Gasteiger partial charge in [-0.1, -0.05) is 18.2 Å². The Morgan fingerprint density at radius 2 is 1.90 bits per heavy atom. The Labute approximate surface area is 122 Å². The number of hydrogen-bond donors (Lipinski definition) is 3. The van der Waals surface area contributed by atoms with Crippen LogP contribution in [0.5, 0.6) is 0 Å². The first-order chi connectivity index (χ1) is 10.0. The smallest absolute Gasteiger partial charge is 0.323 e. The van der Waals surface area contributed by atoms with Gasteiger partial charge in [-0.15, -0.1) is 0 Å². The number of nitrogens with two attached hydrogens (primary N) is 1. The first-order valence-electron chi connectivity index (χ1n) is 6.40. The SMILES string of the molecule is Cc1ccc(N)c(NC(=O)N/C=C/c2ccc(F)cc2)c1. The third kappa shape index (κ3) is 4.35. The molecule has 2 amide bonds. The summed E-state index contributed by atoms with van der Waals surface area (Å²) in [6.45, 7) is 1.91. The summed E-state index contributed by atoms with van der Waals surface area (Å²) >= 11 is 0. The normalized spacial score (nSPS) is 10.6. The third-order valence-electron chi connectivity index (χ3n) is 2.82. The molecule has 0 spiro atoms. The van der Waals surface area contributed by atoms with Gasteiger partial charge >= 0.3 is 6.03 Å². The lowest BCUT2D eigenvalue weighted by molar-refractivity contribution is 0.255. The Morgan fingerprint density at radius 3 is 2.62 bits per heavy atom. The van der Waals surface area contributed by atoms with Gasteiger partial charge in [0.25, 0.3) is 0 Å². The van der Waals surface area contributed by atoms with Gasteiger partial charge in [0.1, 0.15) is 5.82 Å². The van der Waals surface area contributed by atoms with Gasteiger partial charge in [0.2, 0.25) is 0 Å². The van der Waals surface area contributed by atoms with Crippen molar-refractivity contribution in [3.63, 3.8) is 0 Å². The van der Waals surface area contributed by atoms with E-state index in [1.807, 2.05) is 13.0 Å². The number of carbonyl (C=O) groups is 1. The summed E-state index contributed by atoms with van der Waals surface area (Å²) in [5, 5.41) is 5.22. The first kappa shape index (κ1) is 14.6. The standard InChI is InChI=1S/C16H16FN3O/c1-11-2-7-14(18)15(10-11)20-16(21)19-9-8-12-3-5-13(17)6-4-12/h2-10H,18H2,1H3,(H2,19,20,21)/b9-8+. The second-order valence-electron chi connectivity index (χ2n) is 4.57. The minimum absolute atomic E-state index is 0.298. The van der Waals surface area contributed by atoms with Crippen LogP contribution in [0.25, 0.3) is 6.08 Å². The van der Waals surface area contributed by atoms with E-state index in [1.165, 1.54) is 18.3 Å². The molecule has 21 heavy (non-hydrogen) atoms. The van der Waals surface area contributed by atoms with Crippen molar-refractivity contribution in [3.8, 4) is 0 Å². The molecule has 0 atom stereocenters. The molecule has 0 heterocycles. The summed E-state index contributed by atoms with van der Waals surface area (Å²) in [6, 6.07) is 10.9. The van der Waals surface area contributed by atoms with Gasteiger partial charge in [-0.3, -0.25) is 0 Å². The number of hydrogen-bond acceptors (Lipinski definition) is 2. The van der Waals surface area contributed by atoms with Crippen LogP contribution >= 0.6 is 0 Å². The van der Waals surface area contributed by atoms with Gasteiger partial charge in [0, 0.05) is 6.20 Å². The van der Waals surface area contributed by atoms with Crippen LogP contribution in [0.4, 0.5) is 20.6 Å². The molecule has 108 valence electrons. The number of nitrogen functional groups attached to an aromatic ring is 1. The summed E-state index contributed by atoms with van der Waals surface area (Å²) in [5.41, 5.74) is 8.62. The van der Waals surface area contributed by atoms with Crippen molar-refractivity contribution in [1.82, 2.24) is 5.32 Å². The van der Waals surface area contributed by atoms with E-state index >= 15 is 0 Å². The summed E-state index contributed by atoms with van der Waals surface area (Å²) < 4.78 is 12.7. The second kappa shape index (κ2) is 6.56. The van der Waals surface area contributed by atoms with E-state index in [1.54, 1.807) is 30.3 Å². The molecule has 0 bridgehead atoms. The number of carbonyl (C=O) groups excluding carboxylic acids is 1. The number of nitrogens with one attached hydrogen (secondary N) is 2. The average molecular weight is 285 g/mol. The number of anilines is 2. The van der Waals surface area contributed by atoms with Crippen LogP contribution in [0.2, 0.25) is 0 Å². The van der Waals surface area contributed by atoms with Gasteiger partial charge in [-0.25, -0.2) is 9.18 Å². The summed E-state index contributed by atoms with van der Waals surface area (Å²) in [5.74, 6) is -0.298. The van der Waals surface area contributed by atoms with E-state index in [2.05, 4.69) is 10.6 Å². The molecule has 0 aliphatic heterocycles. The fourth-order valence-electron chi connectivity index (χ4n) is 1.72. The Bertz CT molecular complexity index is 666. The largest absolute Gasteiger partial charge is 0.397 e. The van der Waals surface area contributed by atoms with Crippen molar-refractivity contribution in [1.29, 1.82) is 0 Å². The van der Waals surface area contributed by atoms with Gasteiger partial charge in [-0.2, -0.15) is 0 Å². The van der Waals surface area contributed by atoms with E-state index in [0.717, 1.165) is 11.1 Å². The molecule has 2 aromatic rings. The molecule has 5 heteroatoms. The molecule has 0 saturated carbocycles. The Morgan fingerprint density at radius 1 is 1.19 bits per heavy atom. The van der Waals surface area contributed by atoms with Crippen molar-refractivity contribution in [2.24, 2.45) is 0 Å². The molecule has 2 rings (SSSR count). The Balaban J connectivity index is 1.93. The topological polar surface area (TPSA) is 67.1 Å². The highest BCUT2D eigenvalue weighted by atomic mass is 19.1. The zero-order chi connectivity index (χ0) is 15.2. The average Bonchev–Trinajstić information content (AvgIpc) is 2.45. The molecule has 0 aliphatic rings. The molecule has 0 fully saturated rings. The maximum atomic E-state index is 12.7. The second-order valence-corrected chi connectivity index (χ2v) is 4.57. The maximum Gasteiger partial charge on any atom is 0.323 e. The fraction of sp³-hybridized carbons (Fsp3) is 0.0625.